The Bertz CT molecular complexity index is 332. The summed E-state index contributed by atoms with van der Waals surface area (Å²) in [7, 11) is 0. The largest absolute Gasteiger partial charge is 0.373 e. The molecule has 0 N–H and O–H groups in total. The molecule has 2 unspecified atom stereocenters. The number of aryl methyl sites for hydroxylation is 1. The molecule has 2 atom stereocenters. The molecule has 1 aromatic carbocycles. The van der Waals surface area contributed by atoms with E-state index in [1.807, 2.05) is 0 Å². The Labute approximate surface area is 98.8 Å². The summed E-state index contributed by atoms with van der Waals surface area (Å²) in [5, 5.41) is 0. The molecule has 2 rings (SSSR count). The molecular weight excluding hydrogens is 196 g/mol. The molecule has 1 aromatic rings. The summed E-state index contributed by atoms with van der Waals surface area (Å²) in [5.74, 6) is 0.734. The van der Waals surface area contributed by atoms with Crippen LogP contribution in [0.1, 0.15) is 43.7 Å². The lowest BCUT2D eigenvalue weighted by Gasteiger charge is -2.29. The van der Waals surface area contributed by atoms with Crippen molar-refractivity contribution in [3.63, 3.8) is 0 Å². The van der Waals surface area contributed by atoms with Crippen molar-refractivity contribution in [1.29, 1.82) is 0 Å². The minimum absolute atomic E-state index is 0.480. The summed E-state index contributed by atoms with van der Waals surface area (Å²) in [6, 6.07) is 8.50. The second-order valence-corrected chi connectivity index (χ2v) is 5.04. The standard InChI is InChI=1S/C15H22O/c1-12-7-3-5-9-14(12)11-16-15-10-6-4-8-13(15)2/h3,5,7,9,13,15H,4,6,8,10-11H2,1-2H3. The van der Waals surface area contributed by atoms with Gasteiger partial charge in [-0.25, -0.2) is 0 Å². The van der Waals surface area contributed by atoms with E-state index in [1.165, 1.54) is 36.8 Å². The van der Waals surface area contributed by atoms with Crippen molar-refractivity contribution in [3.05, 3.63) is 35.4 Å². The van der Waals surface area contributed by atoms with E-state index in [-0.39, 0.29) is 0 Å². The first-order chi connectivity index (χ1) is 7.77. The minimum Gasteiger partial charge on any atom is -0.373 e. The molecule has 0 aliphatic heterocycles. The first kappa shape index (κ1) is 11.7. The third-order valence-electron chi connectivity index (χ3n) is 3.75. The Hall–Kier alpha value is -0.820. The van der Waals surface area contributed by atoms with Gasteiger partial charge in [-0.15, -0.1) is 0 Å². The Kier molecular flexibility index (Phi) is 4.00. The van der Waals surface area contributed by atoms with Gasteiger partial charge in [-0.3, -0.25) is 0 Å². The van der Waals surface area contributed by atoms with Gasteiger partial charge in [0.2, 0.25) is 0 Å². The zero-order valence-electron chi connectivity index (χ0n) is 10.4. The lowest BCUT2D eigenvalue weighted by Crippen LogP contribution is -2.25. The fraction of sp³-hybridized carbons (Fsp3) is 0.600. The molecular formula is C15H22O. The number of hydrogen-bond acceptors (Lipinski definition) is 1. The van der Waals surface area contributed by atoms with Crippen LogP contribution in [-0.4, -0.2) is 6.10 Å². The Balaban J connectivity index is 1.89. The summed E-state index contributed by atoms with van der Waals surface area (Å²) < 4.78 is 6.06. The Morgan fingerprint density at radius 1 is 1.19 bits per heavy atom. The highest BCUT2D eigenvalue weighted by atomic mass is 16.5. The van der Waals surface area contributed by atoms with Crippen molar-refractivity contribution >= 4 is 0 Å². The van der Waals surface area contributed by atoms with Crippen molar-refractivity contribution in [1.82, 2.24) is 0 Å². The van der Waals surface area contributed by atoms with E-state index in [0.717, 1.165) is 12.5 Å². The van der Waals surface area contributed by atoms with E-state index in [9.17, 15) is 0 Å². The maximum atomic E-state index is 6.06. The second-order valence-electron chi connectivity index (χ2n) is 5.04. The van der Waals surface area contributed by atoms with E-state index in [2.05, 4.69) is 38.1 Å². The summed E-state index contributed by atoms with van der Waals surface area (Å²) in [6.07, 6.45) is 5.77. The van der Waals surface area contributed by atoms with Gasteiger partial charge < -0.3 is 4.74 Å². The fourth-order valence-corrected chi connectivity index (χ4v) is 2.50. The molecule has 0 heterocycles. The van der Waals surface area contributed by atoms with E-state index >= 15 is 0 Å². The maximum Gasteiger partial charge on any atom is 0.0723 e. The molecule has 0 spiro atoms. The minimum atomic E-state index is 0.480. The molecule has 0 saturated heterocycles. The second kappa shape index (κ2) is 5.49. The molecule has 1 aliphatic carbocycles. The smallest absolute Gasteiger partial charge is 0.0723 e. The van der Waals surface area contributed by atoms with Gasteiger partial charge in [0.1, 0.15) is 0 Å². The van der Waals surface area contributed by atoms with Crippen LogP contribution in [0.2, 0.25) is 0 Å². The molecule has 1 heteroatoms. The molecule has 1 saturated carbocycles. The summed E-state index contributed by atoms with van der Waals surface area (Å²) >= 11 is 0. The molecule has 0 radical (unpaired) electrons. The quantitative estimate of drug-likeness (QED) is 0.742. The predicted octanol–water partition coefficient (Wildman–Crippen LogP) is 4.09. The zero-order chi connectivity index (χ0) is 11.4. The van der Waals surface area contributed by atoms with Crippen molar-refractivity contribution < 1.29 is 4.74 Å². The van der Waals surface area contributed by atoms with Gasteiger partial charge in [0, 0.05) is 0 Å². The Morgan fingerprint density at radius 3 is 2.69 bits per heavy atom. The zero-order valence-corrected chi connectivity index (χ0v) is 10.4. The molecule has 1 aliphatic rings. The average Bonchev–Trinajstić information content (AvgIpc) is 2.30. The number of ether oxygens (including phenoxy) is 1. The number of benzene rings is 1. The first-order valence-electron chi connectivity index (χ1n) is 6.43. The van der Waals surface area contributed by atoms with E-state index in [1.54, 1.807) is 0 Å². The molecule has 1 nitrogen and oxygen atoms in total. The van der Waals surface area contributed by atoms with Crippen LogP contribution in [0, 0.1) is 12.8 Å². The van der Waals surface area contributed by atoms with Crippen LogP contribution in [0.15, 0.2) is 24.3 Å². The van der Waals surface area contributed by atoms with Crippen LogP contribution in [0.25, 0.3) is 0 Å². The van der Waals surface area contributed by atoms with Crippen LogP contribution in [0.3, 0.4) is 0 Å². The maximum absolute atomic E-state index is 6.06. The van der Waals surface area contributed by atoms with Gasteiger partial charge in [-0.2, -0.15) is 0 Å². The molecule has 16 heavy (non-hydrogen) atoms. The number of hydrogen-bond donors (Lipinski definition) is 0. The van der Waals surface area contributed by atoms with E-state index < -0.39 is 0 Å². The normalized spacial score (nSPS) is 25.6. The van der Waals surface area contributed by atoms with Crippen LogP contribution >= 0.6 is 0 Å². The molecule has 1 fully saturated rings. The Morgan fingerprint density at radius 2 is 1.94 bits per heavy atom. The molecule has 0 aromatic heterocycles. The van der Waals surface area contributed by atoms with Crippen molar-refractivity contribution in [3.8, 4) is 0 Å². The third kappa shape index (κ3) is 2.85. The molecule has 88 valence electrons. The third-order valence-corrected chi connectivity index (χ3v) is 3.75. The van der Waals surface area contributed by atoms with Gasteiger partial charge in [0.05, 0.1) is 12.7 Å². The highest BCUT2D eigenvalue weighted by Crippen LogP contribution is 2.27. The predicted molar refractivity (Wildman–Crippen MR) is 67.4 cm³/mol. The summed E-state index contributed by atoms with van der Waals surface area (Å²) in [5.41, 5.74) is 2.67. The van der Waals surface area contributed by atoms with Crippen LogP contribution < -0.4 is 0 Å². The van der Waals surface area contributed by atoms with Gasteiger partial charge in [0.15, 0.2) is 0 Å². The SMILES string of the molecule is Cc1ccccc1COC1CCCCC1C. The van der Waals surface area contributed by atoms with Gasteiger partial charge >= 0.3 is 0 Å². The van der Waals surface area contributed by atoms with Gasteiger partial charge in [-0.1, -0.05) is 44.0 Å². The van der Waals surface area contributed by atoms with Gasteiger partial charge in [-0.05, 0) is 36.8 Å². The fourth-order valence-electron chi connectivity index (χ4n) is 2.50. The molecule has 0 amide bonds. The van der Waals surface area contributed by atoms with E-state index in [4.69, 9.17) is 4.74 Å². The van der Waals surface area contributed by atoms with Crippen LogP contribution in [0.5, 0.6) is 0 Å². The number of rotatable bonds is 3. The monoisotopic (exact) mass is 218 g/mol. The van der Waals surface area contributed by atoms with Gasteiger partial charge in [0.25, 0.3) is 0 Å². The van der Waals surface area contributed by atoms with E-state index in [0.29, 0.717) is 6.10 Å². The average molecular weight is 218 g/mol. The van der Waals surface area contributed by atoms with Crippen LogP contribution in [0.4, 0.5) is 0 Å². The summed E-state index contributed by atoms with van der Waals surface area (Å²) in [6.45, 7) is 5.26. The van der Waals surface area contributed by atoms with Crippen molar-refractivity contribution in [2.75, 3.05) is 0 Å². The van der Waals surface area contributed by atoms with Crippen LogP contribution in [-0.2, 0) is 11.3 Å². The van der Waals surface area contributed by atoms with Crippen molar-refractivity contribution in [2.45, 2.75) is 52.2 Å². The highest BCUT2D eigenvalue weighted by molar-refractivity contribution is 5.24. The lowest BCUT2D eigenvalue weighted by atomic mass is 9.88. The molecule has 0 bridgehead atoms. The summed E-state index contributed by atoms with van der Waals surface area (Å²) in [4.78, 5) is 0. The highest BCUT2D eigenvalue weighted by Gasteiger charge is 2.21. The van der Waals surface area contributed by atoms with Crippen molar-refractivity contribution in [2.24, 2.45) is 5.92 Å². The lowest BCUT2D eigenvalue weighted by molar-refractivity contribution is -0.0156. The topological polar surface area (TPSA) is 9.23 Å². The first-order valence-corrected chi connectivity index (χ1v) is 6.43.